The van der Waals surface area contributed by atoms with Gasteiger partial charge in [-0.3, -0.25) is 0 Å². The van der Waals surface area contributed by atoms with Crippen LogP contribution in [0.1, 0.15) is 58.2 Å². The van der Waals surface area contributed by atoms with Gasteiger partial charge in [0.05, 0.1) is 5.56 Å². The van der Waals surface area contributed by atoms with Crippen LogP contribution in [0.3, 0.4) is 0 Å². The molecule has 0 spiro atoms. The van der Waals surface area contributed by atoms with Crippen molar-refractivity contribution in [3.63, 3.8) is 0 Å². The zero-order valence-corrected chi connectivity index (χ0v) is 15.7. The molecule has 2 rings (SSSR count). The number of nitrogens with one attached hydrogen (secondary N) is 1. The van der Waals surface area contributed by atoms with Crippen molar-refractivity contribution < 1.29 is 13.2 Å². The number of halogens is 3. The van der Waals surface area contributed by atoms with E-state index >= 15 is 0 Å². The number of hydrogen-bond donors (Lipinski definition) is 1. The van der Waals surface area contributed by atoms with E-state index in [1.165, 1.54) is 23.3 Å². The molecule has 0 atom stereocenters. The first-order valence-electron chi connectivity index (χ1n) is 8.37. The maximum Gasteiger partial charge on any atom is 0.416 e. The van der Waals surface area contributed by atoms with Crippen LogP contribution >= 0.6 is 0 Å². The molecule has 0 saturated carbocycles. The molecule has 136 valence electrons. The minimum Gasteiger partial charge on any atom is -0.356 e. The summed E-state index contributed by atoms with van der Waals surface area (Å²) < 4.78 is 38.1. The summed E-state index contributed by atoms with van der Waals surface area (Å²) in [6.45, 7) is 12.9. The number of anilines is 2. The standard InChI is InChI=1S/C21H26F3N/c1-19(2,3)15-11-16(20(4,5)6)13-18(12-15)25-17-9-7-14(8-10-17)21(22,23)24/h7-13,25H,1-6H3. The van der Waals surface area contributed by atoms with Gasteiger partial charge >= 0.3 is 6.18 Å². The minimum atomic E-state index is -4.32. The van der Waals surface area contributed by atoms with Gasteiger partial charge in [0.1, 0.15) is 0 Å². The predicted octanol–water partition coefficient (Wildman–Crippen LogP) is 7.04. The fourth-order valence-electron chi connectivity index (χ4n) is 2.47. The number of alkyl halides is 3. The van der Waals surface area contributed by atoms with E-state index < -0.39 is 11.7 Å². The van der Waals surface area contributed by atoms with Gasteiger partial charge in [-0.2, -0.15) is 13.2 Å². The fraction of sp³-hybridized carbons (Fsp3) is 0.429. The maximum absolute atomic E-state index is 12.7. The number of benzene rings is 2. The zero-order chi connectivity index (χ0) is 19.0. The molecule has 0 unspecified atom stereocenters. The highest BCUT2D eigenvalue weighted by atomic mass is 19.4. The molecule has 2 aromatic rings. The summed E-state index contributed by atoms with van der Waals surface area (Å²) in [5.41, 5.74) is 3.23. The first kappa shape index (κ1) is 19.4. The third-order valence-electron chi connectivity index (χ3n) is 4.17. The first-order valence-corrected chi connectivity index (χ1v) is 8.37. The van der Waals surface area contributed by atoms with Gasteiger partial charge < -0.3 is 5.32 Å². The Labute approximate surface area is 148 Å². The van der Waals surface area contributed by atoms with Crippen molar-refractivity contribution in [2.24, 2.45) is 0 Å². The summed E-state index contributed by atoms with van der Waals surface area (Å²) in [5, 5.41) is 3.24. The Hall–Kier alpha value is -1.97. The molecule has 0 radical (unpaired) electrons. The second-order valence-electron chi connectivity index (χ2n) is 8.50. The van der Waals surface area contributed by atoms with E-state index in [4.69, 9.17) is 0 Å². The number of rotatable bonds is 2. The smallest absolute Gasteiger partial charge is 0.356 e. The Kier molecular flexibility index (Phi) is 4.95. The highest BCUT2D eigenvalue weighted by Crippen LogP contribution is 2.34. The summed E-state index contributed by atoms with van der Waals surface area (Å²) >= 11 is 0. The van der Waals surface area contributed by atoms with Crippen LogP contribution in [0.2, 0.25) is 0 Å². The molecule has 0 aromatic heterocycles. The van der Waals surface area contributed by atoms with Crippen molar-refractivity contribution in [3.05, 3.63) is 59.2 Å². The highest BCUT2D eigenvalue weighted by Gasteiger charge is 2.30. The molecule has 4 heteroatoms. The molecule has 0 aliphatic rings. The van der Waals surface area contributed by atoms with Gasteiger partial charge in [-0.1, -0.05) is 47.6 Å². The van der Waals surface area contributed by atoms with E-state index in [0.717, 1.165) is 17.8 Å². The molecule has 1 N–H and O–H groups in total. The van der Waals surface area contributed by atoms with Gasteiger partial charge in [0.2, 0.25) is 0 Å². The molecule has 0 saturated heterocycles. The number of hydrogen-bond acceptors (Lipinski definition) is 1. The topological polar surface area (TPSA) is 12.0 Å². The molecular formula is C21H26F3N. The van der Waals surface area contributed by atoms with E-state index in [1.54, 1.807) is 0 Å². The van der Waals surface area contributed by atoms with E-state index in [-0.39, 0.29) is 10.8 Å². The Morgan fingerprint density at radius 2 is 1.04 bits per heavy atom. The lowest BCUT2D eigenvalue weighted by Crippen LogP contribution is -2.16. The second kappa shape index (κ2) is 6.40. The molecule has 0 bridgehead atoms. The van der Waals surface area contributed by atoms with Gasteiger partial charge in [0.15, 0.2) is 0 Å². The summed E-state index contributed by atoms with van der Waals surface area (Å²) in [4.78, 5) is 0. The normalized spacial score (nSPS) is 13.0. The zero-order valence-electron chi connectivity index (χ0n) is 15.7. The molecule has 1 nitrogen and oxygen atoms in total. The predicted molar refractivity (Wildman–Crippen MR) is 98.6 cm³/mol. The SMILES string of the molecule is CC(C)(C)c1cc(Nc2ccc(C(F)(F)F)cc2)cc(C(C)(C)C)c1. The Morgan fingerprint density at radius 1 is 0.600 bits per heavy atom. The van der Waals surface area contributed by atoms with Crippen LogP contribution in [0.25, 0.3) is 0 Å². The summed E-state index contributed by atoms with van der Waals surface area (Å²) in [5.74, 6) is 0. The van der Waals surface area contributed by atoms with Gasteiger partial charge in [-0.05, 0) is 58.4 Å². The molecule has 0 aliphatic heterocycles. The summed E-state index contributed by atoms with van der Waals surface area (Å²) in [6, 6.07) is 11.5. The Morgan fingerprint density at radius 3 is 1.40 bits per heavy atom. The van der Waals surface area contributed by atoms with E-state index in [9.17, 15) is 13.2 Å². The van der Waals surface area contributed by atoms with E-state index in [1.807, 2.05) is 0 Å². The van der Waals surface area contributed by atoms with Crippen LogP contribution in [0.4, 0.5) is 24.5 Å². The lowest BCUT2D eigenvalue weighted by atomic mass is 9.80. The van der Waals surface area contributed by atoms with Crippen molar-refractivity contribution in [2.75, 3.05) is 5.32 Å². The van der Waals surface area contributed by atoms with Crippen LogP contribution in [-0.2, 0) is 17.0 Å². The van der Waals surface area contributed by atoms with Crippen molar-refractivity contribution in [1.82, 2.24) is 0 Å². The summed E-state index contributed by atoms with van der Waals surface area (Å²) in [7, 11) is 0. The molecule has 0 aliphatic carbocycles. The van der Waals surface area contributed by atoms with Crippen LogP contribution in [-0.4, -0.2) is 0 Å². The van der Waals surface area contributed by atoms with Crippen molar-refractivity contribution in [2.45, 2.75) is 58.5 Å². The second-order valence-corrected chi connectivity index (χ2v) is 8.50. The van der Waals surface area contributed by atoms with Gasteiger partial charge in [-0.25, -0.2) is 0 Å². The molecule has 2 aromatic carbocycles. The van der Waals surface area contributed by atoms with Gasteiger partial charge in [0.25, 0.3) is 0 Å². The van der Waals surface area contributed by atoms with Crippen LogP contribution in [0, 0.1) is 0 Å². The molecule has 0 amide bonds. The van der Waals surface area contributed by atoms with Gasteiger partial charge in [-0.15, -0.1) is 0 Å². The average molecular weight is 349 g/mol. The van der Waals surface area contributed by atoms with Gasteiger partial charge in [0, 0.05) is 11.4 Å². The fourth-order valence-corrected chi connectivity index (χ4v) is 2.47. The monoisotopic (exact) mass is 349 g/mol. The molecular weight excluding hydrogens is 323 g/mol. The maximum atomic E-state index is 12.7. The van der Waals surface area contributed by atoms with Crippen LogP contribution in [0.15, 0.2) is 42.5 Å². The molecule has 25 heavy (non-hydrogen) atoms. The highest BCUT2D eigenvalue weighted by molar-refractivity contribution is 5.62. The molecule has 0 heterocycles. The third kappa shape index (κ3) is 5.00. The Balaban J connectivity index is 2.38. The third-order valence-corrected chi connectivity index (χ3v) is 4.17. The van der Waals surface area contributed by atoms with Crippen LogP contribution in [0.5, 0.6) is 0 Å². The largest absolute Gasteiger partial charge is 0.416 e. The quantitative estimate of drug-likeness (QED) is 0.613. The van der Waals surface area contributed by atoms with Crippen LogP contribution < -0.4 is 5.32 Å². The van der Waals surface area contributed by atoms with Crippen molar-refractivity contribution >= 4 is 11.4 Å². The minimum absolute atomic E-state index is 0.0160. The average Bonchev–Trinajstić information content (AvgIpc) is 2.44. The first-order chi connectivity index (χ1) is 11.3. The van der Waals surface area contributed by atoms with E-state index in [2.05, 4.69) is 65.1 Å². The summed E-state index contributed by atoms with van der Waals surface area (Å²) in [6.07, 6.45) is -4.32. The molecule has 0 fully saturated rings. The Bertz CT molecular complexity index is 697. The lowest BCUT2D eigenvalue weighted by molar-refractivity contribution is -0.137. The lowest BCUT2D eigenvalue weighted by Gasteiger charge is -2.26. The van der Waals surface area contributed by atoms with Crippen molar-refractivity contribution in [3.8, 4) is 0 Å². The van der Waals surface area contributed by atoms with Crippen molar-refractivity contribution in [1.29, 1.82) is 0 Å². The van der Waals surface area contributed by atoms with E-state index in [0.29, 0.717) is 5.69 Å².